The fourth-order valence-corrected chi connectivity index (χ4v) is 3.41. The maximum atomic E-state index is 14.8. The van der Waals surface area contributed by atoms with E-state index in [1.165, 1.54) is 31.8 Å². The molecule has 0 aliphatic heterocycles. The molecule has 4 rings (SSSR count). The van der Waals surface area contributed by atoms with Crippen LogP contribution in [0.25, 0.3) is 33.4 Å². The second-order valence-corrected chi connectivity index (χ2v) is 7.96. The van der Waals surface area contributed by atoms with Gasteiger partial charge in [0.1, 0.15) is 5.82 Å². The Hall–Kier alpha value is -3.84. The highest BCUT2D eigenvalue weighted by Crippen LogP contribution is 2.39. The predicted octanol–water partition coefficient (Wildman–Crippen LogP) is 1.91. The predicted molar refractivity (Wildman–Crippen MR) is 112 cm³/mol. The number of halogens is 1. The number of phosphoric ester groups is 1. The second kappa shape index (κ2) is 8.26. The topological polar surface area (TPSA) is 202 Å². The largest absolute Gasteiger partial charge is 0.471 e. The highest BCUT2D eigenvalue weighted by molar-refractivity contribution is 7.46. The molecular weight excluding hydrogens is 462 g/mol. The van der Waals surface area contributed by atoms with Crippen molar-refractivity contribution in [2.24, 2.45) is 0 Å². The highest BCUT2D eigenvalue weighted by atomic mass is 31.2. The van der Waals surface area contributed by atoms with Gasteiger partial charge in [0.05, 0.1) is 30.0 Å². The number of benzene rings is 1. The molecule has 1 aromatic carbocycles. The number of nitrogen functional groups attached to an aromatic ring is 2. The van der Waals surface area contributed by atoms with Crippen molar-refractivity contribution in [3.05, 3.63) is 42.1 Å². The Morgan fingerprint density at radius 1 is 1.27 bits per heavy atom. The molecule has 0 saturated carbocycles. The molecular formula is C18H16FN6O7P. The summed E-state index contributed by atoms with van der Waals surface area (Å²) in [6.07, 6.45) is 4.14. The molecule has 0 amide bonds. The van der Waals surface area contributed by atoms with E-state index >= 15 is 0 Å². The van der Waals surface area contributed by atoms with Gasteiger partial charge in [0.2, 0.25) is 0 Å². The molecule has 0 spiro atoms. The Balaban J connectivity index is 1.82. The van der Waals surface area contributed by atoms with Gasteiger partial charge in [-0.25, -0.2) is 18.4 Å². The summed E-state index contributed by atoms with van der Waals surface area (Å²) in [6, 6.07) is 2.17. The van der Waals surface area contributed by atoms with E-state index in [1.807, 2.05) is 0 Å². The third-order valence-corrected chi connectivity index (χ3v) is 5.08. The zero-order valence-corrected chi connectivity index (χ0v) is 17.7. The normalized spacial score (nSPS) is 11.8. The van der Waals surface area contributed by atoms with Gasteiger partial charge in [-0.1, -0.05) is 5.16 Å². The maximum absolute atomic E-state index is 14.8. The molecule has 0 aliphatic rings. The number of rotatable bonds is 6. The van der Waals surface area contributed by atoms with Crippen molar-refractivity contribution in [1.29, 1.82) is 0 Å². The third kappa shape index (κ3) is 4.27. The Morgan fingerprint density at radius 3 is 2.73 bits per heavy atom. The summed E-state index contributed by atoms with van der Waals surface area (Å²) < 4.78 is 41.2. The van der Waals surface area contributed by atoms with Gasteiger partial charge in [0.15, 0.2) is 18.1 Å². The zero-order chi connectivity index (χ0) is 23.9. The summed E-state index contributed by atoms with van der Waals surface area (Å²) >= 11 is 0. The number of pyridine rings is 1. The molecule has 3 heterocycles. The standard InChI is InChI=1S/C18H16FN6O7P/c1-30-18(26)10-2-9(12(19)3-13(10)20)15-14-16(32-24-17(14)21)11(5-22-15)8-4-23-25(6-8)7-31-33(27,28)29/h2-6H,7,20H2,1H3,(H2,21,24)(H2,27,28,29). The Labute approximate surface area is 183 Å². The molecule has 3 aromatic heterocycles. The number of methoxy groups -OCH3 is 1. The van der Waals surface area contributed by atoms with Crippen LogP contribution in [0.5, 0.6) is 0 Å². The number of fused-ring (bicyclic) bond motifs is 1. The van der Waals surface area contributed by atoms with Crippen LogP contribution in [-0.4, -0.2) is 42.8 Å². The van der Waals surface area contributed by atoms with E-state index in [-0.39, 0.29) is 39.3 Å². The van der Waals surface area contributed by atoms with E-state index < -0.39 is 26.3 Å². The second-order valence-electron chi connectivity index (χ2n) is 6.72. The number of hydrogen-bond acceptors (Lipinski definition) is 10. The summed E-state index contributed by atoms with van der Waals surface area (Å²) in [4.78, 5) is 33.9. The molecule has 6 N–H and O–H groups in total. The van der Waals surface area contributed by atoms with Crippen molar-refractivity contribution < 1.29 is 37.3 Å². The number of carbonyl (C=O) groups excluding carboxylic acids is 1. The van der Waals surface area contributed by atoms with E-state index in [4.69, 9.17) is 25.8 Å². The monoisotopic (exact) mass is 478 g/mol. The smallest absolute Gasteiger partial charge is 0.465 e. The minimum atomic E-state index is -4.69. The molecule has 0 unspecified atom stereocenters. The average Bonchev–Trinajstić information content (AvgIpc) is 3.38. The van der Waals surface area contributed by atoms with E-state index in [0.717, 1.165) is 10.7 Å². The lowest BCUT2D eigenvalue weighted by Gasteiger charge is -2.10. The zero-order valence-electron chi connectivity index (χ0n) is 16.8. The Morgan fingerprint density at radius 2 is 2.03 bits per heavy atom. The van der Waals surface area contributed by atoms with Crippen molar-refractivity contribution >= 4 is 36.3 Å². The van der Waals surface area contributed by atoms with Crippen LogP contribution in [0.4, 0.5) is 15.9 Å². The van der Waals surface area contributed by atoms with Crippen LogP contribution < -0.4 is 11.5 Å². The van der Waals surface area contributed by atoms with Crippen LogP contribution in [0.15, 0.2) is 35.2 Å². The quantitative estimate of drug-likeness (QED) is 0.178. The van der Waals surface area contributed by atoms with Crippen molar-refractivity contribution in [2.75, 3.05) is 18.6 Å². The molecule has 15 heteroatoms. The van der Waals surface area contributed by atoms with Crippen LogP contribution in [0.2, 0.25) is 0 Å². The Kier molecular flexibility index (Phi) is 5.59. The molecule has 0 aliphatic carbocycles. The number of nitrogens with two attached hydrogens (primary N) is 2. The number of esters is 1. The first-order valence-electron chi connectivity index (χ1n) is 9.03. The fourth-order valence-electron chi connectivity index (χ4n) is 3.14. The van der Waals surface area contributed by atoms with Gasteiger partial charge >= 0.3 is 13.8 Å². The minimum absolute atomic E-state index is 0.0485. The first-order valence-corrected chi connectivity index (χ1v) is 10.6. The number of phosphoric acid groups is 1. The molecule has 0 bridgehead atoms. The van der Waals surface area contributed by atoms with Gasteiger partial charge in [-0.15, -0.1) is 0 Å². The molecule has 0 atom stereocenters. The molecule has 4 aromatic rings. The molecule has 0 fully saturated rings. The Bertz CT molecular complexity index is 1430. The minimum Gasteiger partial charge on any atom is -0.465 e. The van der Waals surface area contributed by atoms with Crippen LogP contribution in [0.1, 0.15) is 10.4 Å². The van der Waals surface area contributed by atoms with Gasteiger partial charge in [-0.05, 0) is 12.1 Å². The van der Waals surface area contributed by atoms with Crippen LogP contribution in [-0.2, 0) is 20.6 Å². The molecule has 33 heavy (non-hydrogen) atoms. The van der Waals surface area contributed by atoms with Gasteiger partial charge in [0, 0.05) is 34.8 Å². The van der Waals surface area contributed by atoms with E-state index in [2.05, 4.69) is 24.5 Å². The molecule has 13 nitrogen and oxygen atoms in total. The lowest BCUT2D eigenvalue weighted by atomic mass is 10.0. The average molecular weight is 478 g/mol. The van der Waals surface area contributed by atoms with E-state index in [9.17, 15) is 13.8 Å². The van der Waals surface area contributed by atoms with Crippen LogP contribution >= 0.6 is 7.82 Å². The van der Waals surface area contributed by atoms with Crippen LogP contribution in [0, 0.1) is 5.82 Å². The molecule has 172 valence electrons. The summed E-state index contributed by atoms with van der Waals surface area (Å²) in [6.45, 7) is -0.509. The maximum Gasteiger partial charge on any atom is 0.471 e. The molecule has 0 saturated heterocycles. The number of anilines is 2. The van der Waals surface area contributed by atoms with Crippen molar-refractivity contribution in [1.82, 2.24) is 19.9 Å². The molecule has 0 radical (unpaired) electrons. The van der Waals surface area contributed by atoms with Crippen LogP contribution in [0.3, 0.4) is 0 Å². The van der Waals surface area contributed by atoms with Gasteiger partial charge in [0.25, 0.3) is 0 Å². The van der Waals surface area contributed by atoms with Gasteiger partial charge in [-0.3, -0.25) is 9.51 Å². The van der Waals surface area contributed by atoms with Gasteiger partial charge in [-0.2, -0.15) is 5.10 Å². The van der Waals surface area contributed by atoms with Crippen molar-refractivity contribution in [2.45, 2.75) is 6.73 Å². The number of hydrogen-bond donors (Lipinski definition) is 4. The number of ether oxygens (including phenoxy) is 1. The SMILES string of the molecule is COC(=O)c1cc(-c2ncc(-c3cnn(COP(=O)(O)O)c3)c3onc(N)c23)c(F)cc1N. The van der Waals surface area contributed by atoms with Crippen molar-refractivity contribution in [3.63, 3.8) is 0 Å². The first-order chi connectivity index (χ1) is 15.6. The first kappa shape index (κ1) is 22.4. The number of nitrogens with zero attached hydrogens (tertiary/aromatic N) is 4. The van der Waals surface area contributed by atoms with E-state index in [0.29, 0.717) is 11.1 Å². The van der Waals surface area contributed by atoms with Gasteiger partial charge < -0.3 is 30.5 Å². The summed E-state index contributed by atoms with van der Waals surface area (Å²) in [5, 5.41) is 7.86. The third-order valence-electron chi connectivity index (χ3n) is 4.62. The van der Waals surface area contributed by atoms with E-state index in [1.54, 1.807) is 0 Å². The number of aromatic nitrogens is 4. The lowest BCUT2D eigenvalue weighted by Crippen LogP contribution is -2.07. The van der Waals surface area contributed by atoms with Crippen molar-refractivity contribution in [3.8, 4) is 22.4 Å². The summed E-state index contributed by atoms with van der Waals surface area (Å²) in [5.41, 5.74) is 12.4. The highest BCUT2D eigenvalue weighted by Gasteiger charge is 2.23. The summed E-state index contributed by atoms with van der Waals surface area (Å²) in [7, 11) is -3.52. The fraction of sp³-hybridized carbons (Fsp3) is 0.111. The lowest BCUT2D eigenvalue weighted by molar-refractivity contribution is 0.0602. The summed E-state index contributed by atoms with van der Waals surface area (Å²) in [5.74, 6) is -1.60. The number of carbonyl (C=O) groups is 1.